The SMILES string of the molecule is CCCN1C(=S)N[C@H](c2ccccn2)[C@H]1c1cc(C)n(-c2ccccc2CC)c1C. The van der Waals surface area contributed by atoms with Crippen molar-refractivity contribution in [3.05, 3.63) is 82.9 Å². The molecule has 1 saturated heterocycles. The molecule has 1 aliphatic rings. The Morgan fingerprint density at radius 1 is 1.07 bits per heavy atom. The van der Waals surface area contributed by atoms with Gasteiger partial charge in [0, 0.05) is 29.8 Å². The first-order valence-corrected chi connectivity index (χ1v) is 11.2. The van der Waals surface area contributed by atoms with Crippen molar-refractivity contribution in [1.29, 1.82) is 0 Å². The summed E-state index contributed by atoms with van der Waals surface area (Å²) >= 11 is 5.76. The van der Waals surface area contributed by atoms with Crippen LogP contribution >= 0.6 is 12.2 Å². The fraction of sp³-hybridized carbons (Fsp3) is 0.360. The van der Waals surface area contributed by atoms with Crippen molar-refractivity contribution in [1.82, 2.24) is 19.8 Å². The number of aromatic nitrogens is 2. The summed E-state index contributed by atoms with van der Waals surface area (Å²) in [5.41, 5.74) is 7.49. The molecule has 0 radical (unpaired) electrons. The molecule has 1 N–H and O–H groups in total. The van der Waals surface area contributed by atoms with E-state index in [1.807, 2.05) is 18.3 Å². The van der Waals surface area contributed by atoms with E-state index < -0.39 is 0 Å². The highest BCUT2D eigenvalue weighted by Gasteiger charge is 2.40. The third-order valence-electron chi connectivity index (χ3n) is 6.06. The van der Waals surface area contributed by atoms with Crippen molar-refractivity contribution in [2.45, 2.75) is 52.6 Å². The van der Waals surface area contributed by atoms with E-state index in [4.69, 9.17) is 12.2 Å². The maximum Gasteiger partial charge on any atom is 0.170 e. The molecule has 4 nitrogen and oxygen atoms in total. The van der Waals surface area contributed by atoms with Gasteiger partial charge in [-0.25, -0.2) is 0 Å². The lowest BCUT2D eigenvalue weighted by Gasteiger charge is -2.28. The lowest BCUT2D eigenvalue weighted by atomic mass is 9.96. The Hall–Kier alpha value is -2.66. The van der Waals surface area contributed by atoms with Crippen molar-refractivity contribution < 1.29 is 0 Å². The number of hydrogen-bond donors (Lipinski definition) is 1. The predicted molar refractivity (Wildman–Crippen MR) is 127 cm³/mol. The summed E-state index contributed by atoms with van der Waals surface area (Å²) in [5, 5.41) is 4.37. The number of aryl methyl sites for hydroxylation is 2. The molecule has 0 aliphatic carbocycles. The molecule has 1 fully saturated rings. The molecule has 2 atom stereocenters. The zero-order valence-corrected chi connectivity index (χ0v) is 19.0. The van der Waals surface area contributed by atoms with Gasteiger partial charge in [0.25, 0.3) is 0 Å². The zero-order valence-electron chi connectivity index (χ0n) is 18.2. The van der Waals surface area contributed by atoms with E-state index in [0.717, 1.165) is 30.2 Å². The van der Waals surface area contributed by atoms with Gasteiger partial charge in [-0.1, -0.05) is 38.1 Å². The van der Waals surface area contributed by atoms with Gasteiger partial charge in [0.05, 0.1) is 17.8 Å². The molecule has 5 heteroatoms. The molecule has 1 aromatic carbocycles. The van der Waals surface area contributed by atoms with Crippen LogP contribution in [-0.4, -0.2) is 26.1 Å². The first-order chi connectivity index (χ1) is 14.6. The highest BCUT2D eigenvalue weighted by molar-refractivity contribution is 7.80. The Morgan fingerprint density at radius 2 is 1.83 bits per heavy atom. The zero-order chi connectivity index (χ0) is 21.3. The molecule has 0 amide bonds. The van der Waals surface area contributed by atoms with E-state index in [2.05, 4.69) is 83.9 Å². The lowest BCUT2D eigenvalue weighted by Crippen LogP contribution is -2.30. The van der Waals surface area contributed by atoms with E-state index in [-0.39, 0.29) is 12.1 Å². The Labute approximate surface area is 184 Å². The largest absolute Gasteiger partial charge is 0.352 e. The standard InChI is InChI=1S/C25H30N4S/c1-5-15-28-24(23(27-25(28)30)21-12-9-10-14-26-21)20-16-17(3)29(18(20)4)22-13-8-7-11-19(22)6-2/h7-14,16,23-24H,5-6,15H2,1-4H3,(H,27,30)/t23-,24-/m1/s1. The van der Waals surface area contributed by atoms with E-state index in [0.29, 0.717) is 0 Å². The number of pyridine rings is 1. The second-order valence-electron chi connectivity index (χ2n) is 7.96. The van der Waals surface area contributed by atoms with Crippen LogP contribution in [0, 0.1) is 13.8 Å². The van der Waals surface area contributed by atoms with Gasteiger partial charge in [-0.3, -0.25) is 4.98 Å². The van der Waals surface area contributed by atoms with E-state index in [1.165, 1.54) is 28.2 Å². The quantitative estimate of drug-likeness (QED) is 0.541. The summed E-state index contributed by atoms with van der Waals surface area (Å²) in [5.74, 6) is 0. The van der Waals surface area contributed by atoms with Gasteiger partial charge >= 0.3 is 0 Å². The number of hydrogen-bond acceptors (Lipinski definition) is 2. The van der Waals surface area contributed by atoms with Gasteiger partial charge in [-0.2, -0.15) is 0 Å². The molecule has 0 bridgehead atoms. The molecule has 0 saturated carbocycles. The third kappa shape index (κ3) is 3.52. The van der Waals surface area contributed by atoms with Crippen molar-refractivity contribution in [2.24, 2.45) is 0 Å². The van der Waals surface area contributed by atoms with Crippen LogP contribution in [0.15, 0.2) is 54.7 Å². The van der Waals surface area contributed by atoms with Crippen LogP contribution in [0.1, 0.15) is 60.6 Å². The predicted octanol–water partition coefficient (Wildman–Crippen LogP) is 5.43. The minimum absolute atomic E-state index is 0.0422. The van der Waals surface area contributed by atoms with E-state index >= 15 is 0 Å². The molecule has 0 spiro atoms. The summed E-state index contributed by atoms with van der Waals surface area (Å²) in [4.78, 5) is 6.99. The van der Waals surface area contributed by atoms with Crippen LogP contribution < -0.4 is 5.32 Å². The second kappa shape index (κ2) is 8.60. The van der Waals surface area contributed by atoms with Gasteiger partial charge in [0.15, 0.2) is 5.11 Å². The van der Waals surface area contributed by atoms with Gasteiger partial charge in [0.1, 0.15) is 0 Å². The van der Waals surface area contributed by atoms with Crippen molar-refractivity contribution in [3.8, 4) is 5.69 Å². The molecule has 2 aromatic heterocycles. The Morgan fingerprint density at radius 3 is 2.53 bits per heavy atom. The normalized spacial score (nSPS) is 18.7. The highest BCUT2D eigenvalue weighted by atomic mass is 32.1. The molecular weight excluding hydrogens is 388 g/mol. The van der Waals surface area contributed by atoms with Gasteiger partial charge in [0.2, 0.25) is 0 Å². The summed E-state index contributed by atoms with van der Waals surface area (Å²) in [6, 6.07) is 17.3. The molecule has 1 aliphatic heterocycles. The molecule has 156 valence electrons. The number of benzene rings is 1. The van der Waals surface area contributed by atoms with Crippen LogP contribution in [-0.2, 0) is 6.42 Å². The number of nitrogens with zero attached hydrogens (tertiary/aromatic N) is 3. The fourth-order valence-electron chi connectivity index (χ4n) is 4.71. The summed E-state index contributed by atoms with van der Waals surface area (Å²) in [7, 11) is 0. The molecule has 0 unspecified atom stereocenters. The van der Waals surface area contributed by atoms with Crippen molar-refractivity contribution in [3.63, 3.8) is 0 Å². The van der Waals surface area contributed by atoms with Gasteiger partial charge < -0.3 is 14.8 Å². The van der Waals surface area contributed by atoms with Gasteiger partial charge in [-0.15, -0.1) is 0 Å². The third-order valence-corrected chi connectivity index (χ3v) is 6.42. The Balaban J connectivity index is 1.85. The average molecular weight is 419 g/mol. The second-order valence-corrected chi connectivity index (χ2v) is 8.35. The number of nitrogens with one attached hydrogen (secondary N) is 1. The minimum Gasteiger partial charge on any atom is -0.352 e. The maximum absolute atomic E-state index is 5.76. The lowest BCUT2D eigenvalue weighted by molar-refractivity contribution is 0.316. The minimum atomic E-state index is 0.0422. The first kappa shape index (κ1) is 20.6. The van der Waals surface area contributed by atoms with Crippen molar-refractivity contribution >= 4 is 17.3 Å². The topological polar surface area (TPSA) is 33.1 Å². The Bertz CT molecular complexity index is 1040. The highest BCUT2D eigenvalue weighted by Crippen LogP contribution is 2.41. The van der Waals surface area contributed by atoms with Crippen LogP contribution in [0.5, 0.6) is 0 Å². The smallest absolute Gasteiger partial charge is 0.170 e. The van der Waals surface area contributed by atoms with E-state index in [9.17, 15) is 0 Å². The van der Waals surface area contributed by atoms with Crippen LogP contribution in [0.25, 0.3) is 5.69 Å². The summed E-state index contributed by atoms with van der Waals surface area (Å²) < 4.78 is 2.40. The number of para-hydroxylation sites is 1. The van der Waals surface area contributed by atoms with Crippen molar-refractivity contribution in [2.75, 3.05) is 6.54 Å². The van der Waals surface area contributed by atoms with E-state index in [1.54, 1.807) is 0 Å². The summed E-state index contributed by atoms with van der Waals surface area (Å²) in [6.45, 7) is 9.77. The van der Waals surface area contributed by atoms with Crippen LogP contribution in [0.2, 0.25) is 0 Å². The summed E-state index contributed by atoms with van der Waals surface area (Å²) in [6.07, 6.45) is 3.92. The average Bonchev–Trinajstić information content (AvgIpc) is 3.24. The maximum atomic E-state index is 5.76. The molecule has 4 rings (SSSR count). The molecular formula is C25H30N4S. The fourth-order valence-corrected chi connectivity index (χ4v) is 5.04. The van der Waals surface area contributed by atoms with Crippen LogP contribution in [0.4, 0.5) is 0 Å². The Kier molecular flexibility index (Phi) is 5.91. The molecule has 30 heavy (non-hydrogen) atoms. The number of rotatable bonds is 6. The van der Waals surface area contributed by atoms with Gasteiger partial charge in [-0.05, 0) is 74.3 Å². The number of thiocarbonyl (C=S) groups is 1. The van der Waals surface area contributed by atoms with Crippen LogP contribution in [0.3, 0.4) is 0 Å². The monoisotopic (exact) mass is 418 g/mol. The first-order valence-electron chi connectivity index (χ1n) is 10.8. The molecule has 3 heterocycles. The molecule has 3 aromatic rings.